The van der Waals surface area contributed by atoms with Crippen molar-refractivity contribution in [3.8, 4) is 5.75 Å². The van der Waals surface area contributed by atoms with E-state index in [0.717, 1.165) is 21.5 Å². The molecular weight excluding hydrogens is 342 g/mol. The van der Waals surface area contributed by atoms with E-state index < -0.39 is 6.10 Å². The van der Waals surface area contributed by atoms with Crippen LogP contribution in [0.1, 0.15) is 11.7 Å². The van der Waals surface area contributed by atoms with Gasteiger partial charge in [-0.25, -0.2) is 0 Å². The first-order chi connectivity index (χ1) is 9.60. The van der Waals surface area contributed by atoms with Gasteiger partial charge < -0.3 is 15.2 Å². The van der Waals surface area contributed by atoms with E-state index in [1.165, 1.54) is 0 Å². The lowest BCUT2D eigenvalue weighted by Crippen LogP contribution is -2.12. The Morgan fingerprint density at radius 1 is 1.30 bits per heavy atom. The van der Waals surface area contributed by atoms with Gasteiger partial charge in [0.15, 0.2) is 0 Å². The number of hydrogen-bond donors (Lipinski definition) is 2. The van der Waals surface area contributed by atoms with Crippen molar-refractivity contribution in [2.75, 3.05) is 19.0 Å². The Morgan fingerprint density at radius 3 is 2.85 bits per heavy atom. The van der Waals surface area contributed by atoms with Gasteiger partial charge in [0.1, 0.15) is 5.75 Å². The van der Waals surface area contributed by atoms with Crippen LogP contribution in [0.4, 0.5) is 5.69 Å². The van der Waals surface area contributed by atoms with Crippen LogP contribution in [0.25, 0.3) is 0 Å². The van der Waals surface area contributed by atoms with Crippen molar-refractivity contribution in [3.63, 3.8) is 0 Å². The molecule has 0 aliphatic heterocycles. The summed E-state index contributed by atoms with van der Waals surface area (Å²) in [6.07, 6.45) is -0.639. The molecule has 2 aromatic rings. The molecule has 5 heteroatoms. The van der Waals surface area contributed by atoms with Crippen molar-refractivity contribution in [2.24, 2.45) is 0 Å². The Bertz CT molecular complexity index is 592. The molecule has 1 unspecified atom stereocenters. The third-order valence-corrected chi connectivity index (χ3v) is 3.72. The molecule has 0 saturated heterocycles. The van der Waals surface area contributed by atoms with E-state index in [1.807, 2.05) is 36.4 Å². The summed E-state index contributed by atoms with van der Waals surface area (Å²) >= 11 is 9.48. The number of ether oxygens (including phenoxy) is 1. The number of aliphatic hydroxyl groups excluding tert-OH is 1. The van der Waals surface area contributed by atoms with Gasteiger partial charge in [0.25, 0.3) is 0 Å². The molecule has 0 bridgehead atoms. The Morgan fingerprint density at radius 2 is 2.10 bits per heavy atom. The van der Waals surface area contributed by atoms with E-state index in [9.17, 15) is 5.11 Å². The minimum atomic E-state index is -0.639. The monoisotopic (exact) mass is 355 g/mol. The molecule has 20 heavy (non-hydrogen) atoms. The number of halogens is 2. The zero-order valence-electron chi connectivity index (χ0n) is 10.9. The maximum absolute atomic E-state index is 10.2. The second-order valence-electron chi connectivity index (χ2n) is 4.30. The van der Waals surface area contributed by atoms with Crippen molar-refractivity contribution >= 4 is 33.2 Å². The predicted octanol–water partition coefficient (Wildman–Crippen LogP) is 4.26. The number of nitrogens with one attached hydrogen (secondary N) is 1. The topological polar surface area (TPSA) is 41.5 Å². The highest BCUT2D eigenvalue weighted by molar-refractivity contribution is 9.10. The Kier molecular flexibility index (Phi) is 5.29. The summed E-state index contributed by atoms with van der Waals surface area (Å²) in [6.45, 7) is 0.364. The van der Waals surface area contributed by atoms with Crippen molar-refractivity contribution < 1.29 is 9.84 Å². The predicted molar refractivity (Wildman–Crippen MR) is 85.6 cm³/mol. The molecule has 2 rings (SSSR count). The van der Waals surface area contributed by atoms with Crippen molar-refractivity contribution in [3.05, 3.63) is 57.5 Å². The normalized spacial score (nSPS) is 12.0. The summed E-state index contributed by atoms with van der Waals surface area (Å²) in [6, 6.07) is 12.9. The van der Waals surface area contributed by atoms with Crippen molar-refractivity contribution in [1.82, 2.24) is 0 Å². The van der Waals surface area contributed by atoms with Gasteiger partial charge in [0.05, 0.1) is 23.9 Å². The van der Waals surface area contributed by atoms with E-state index in [1.54, 1.807) is 13.2 Å². The highest BCUT2D eigenvalue weighted by Gasteiger charge is 2.09. The van der Waals surface area contributed by atoms with Crippen LogP contribution in [0, 0.1) is 0 Å². The molecule has 0 radical (unpaired) electrons. The molecule has 2 N–H and O–H groups in total. The number of aliphatic hydroxyl groups is 1. The summed E-state index contributed by atoms with van der Waals surface area (Å²) in [5.41, 5.74) is 1.57. The molecule has 2 aromatic carbocycles. The molecular formula is C15H15BrClNO2. The van der Waals surface area contributed by atoms with E-state index in [2.05, 4.69) is 21.2 Å². The summed E-state index contributed by atoms with van der Waals surface area (Å²) in [4.78, 5) is 0. The van der Waals surface area contributed by atoms with Crippen LogP contribution >= 0.6 is 27.5 Å². The zero-order chi connectivity index (χ0) is 14.5. The molecule has 0 fully saturated rings. The number of benzene rings is 2. The number of anilines is 1. The third-order valence-electron chi connectivity index (χ3n) is 2.89. The first-order valence-corrected chi connectivity index (χ1v) is 7.28. The number of methoxy groups -OCH3 is 1. The lowest BCUT2D eigenvalue weighted by Gasteiger charge is -2.15. The highest BCUT2D eigenvalue weighted by atomic mass is 79.9. The van der Waals surface area contributed by atoms with Crippen LogP contribution < -0.4 is 10.1 Å². The van der Waals surface area contributed by atoms with Gasteiger partial charge in [-0.05, 0) is 35.9 Å². The molecule has 0 spiro atoms. The molecule has 106 valence electrons. The van der Waals surface area contributed by atoms with Crippen LogP contribution in [0.3, 0.4) is 0 Å². The molecule has 0 aliphatic rings. The van der Waals surface area contributed by atoms with Gasteiger partial charge in [0.2, 0.25) is 0 Å². The van der Waals surface area contributed by atoms with Crippen molar-refractivity contribution in [2.45, 2.75) is 6.10 Å². The largest absolute Gasteiger partial charge is 0.497 e. The minimum absolute atomic E-state index is 0.364. The summed E-state index contributed by atoms with van der Waals surface area (Å²) in [5.74, 6) is 0.724. The Labute approximate surface area is 131 Å². The van der Waals surface area contributed by atoms with Crippen LogP contribution in [0.15, 0.2) is 46.9 Å². The molecule has 0 amide bonds. The SMILES string of the molecule is COc1cccc(C(O)CNc2cc(Br)ccc2Cl)c1. The fourth-order valence-corrected chi connectivity index (χ4v) is 2.35. The zero-order valence-corrected chi connectivity index (χ0v) is 13.3. The molecule has 0 heterocycles. The van der Waals surface area contributed by atoms with Crippen molar-refractivity contribution in [1.29, 1.82) is 0 Å². The lowest BCUT2D eigenvalue weighted by molar-refractivity contribution is 0.191. The van der Waals surface area contributed by atoms with Crippen LogP contribution in [-0.4, -0.2) is 18.8 Å². The van der Waals surface area contributed by atoms with Crippen LogP contribution in [0.5, 0.6) is 5.75 Å². The van der Waals surface area contributed by atoms with E-state index in [0.29, 0.717) is 11.6 Å². The molecule has 0 aromatic heterocycles. The lowest BCUT2D eigenvalue weighted by atomic mass is 10.1. The second-order valence-corrected chi connectivity index (χ2v) is 5.62. The van der Waals surface area contributed by atoms with Crippen LogP contribution in [-0.2, 0) is 0 Å². The smallest absolute Gasteiger partial charge is 0.119 e. The fourth-order valence-electron chi connectivity index (χ4n) is 1.81. The summed E-state index contributed by atoms with van der Waals surface area (Å²) in [5, 5.41) is 13.9. The molecule has 0 saturated carbocycles. The third kappa shape index (κ3) is 3.88. The maximum Gasteiger partial charge on any atom is 0.119 e. The quantitative estimate of drug-likeness (QED) is 0.841. The summed E-state index contributed by atoms with van der Waals surface area (Å²) < 4.78 is 6.07. The van der Waals surface area contributed by atoms with E-state index in [4.69, 9.17) is 16.3 Å². The average Bonchev–Trinajstić information content (AvgIpc) is 2.48. The van der Waals surface area contributed by atoms with Gasteiger partial charge in [-0.1, -0.05) is 39.7 Å². The second kappa shape index (κ2) is 6.97. The van der Waals surface area contributed by atoms with E-state index in [-0.39, 0.29) is 0 Å². The number of hydrogen-bond acceptors (Lipinski definition) is 3. The number of rotatable bonds is 5. The highest BCUT2D eigenvalue weighted by Crippen LogP contribution is 2.27. The molecule has 3 nitrogen and oxygen atoms in total. The van der Waals surface area contributed by atoms with Gasteiger partial charge in [-0.2, -0.15) is 0 Å². The van der Waals surface area contributed by atoms with Crippen LogP contribution in [0.2, 0.25) is 5.02 Å². The molecule has 0 aliphatic carbocycles. The maximum atomic E-state index is 10.2. The average molecular weight is 357 g/mol. The van der Waals surface area contributed by atoms with Gasteiger partial charge >= 0.3 is 0 Å². The first-order valence-electron chi connectivity index (χ1n) is 6.11. The Hall–Kier alpha value is -1.23. The Balaban J connectivity index is 2.04. The standard InChI is InChI=1S/C15H15BrClNO2/c1-20-12-4-2-3-10(7-12)15(19)9-18-14-8-11(16)5-6-13(14)17/h2-8,15,18-19H,9H2,1H3. The fraction of sp³-hybridized carbons (Fsp3) is 0.200. The van der Waals surface area contributed by atoms with Gasteiger partial charge in [-0.15, -0.1) is 0 Å². The van der Waals surface area contributed by atoms with E-state index >= 15 is 0 Å². The summed E-state index contributed by atoms with van der Waals surface area (Å²) in [7, 11) is 1.60. The van der Waals surface area contributed by atoms with Gasteiger partial charge in [0, 0.05) is 11.0 Å². The molecule has 1 atom stereocenters. The van der Waals surface area contributed by atoms with Gasteiger partial charge in [-0.3, -0.25) is 0 Å². The minimum Gasteiger partial charge on any atom is -0.497 e. The first kappa shape index (κ1) is 15.2.